The summed E-state index contributed by atoms with van der Waals surface area (Å²) in [6.45, 7) is 2.22. The highest BCUT2D eigenvalue weighted by Gasteiger charge is 2.53. The zero-order valence-electron chi connectivity index (χ0n) is 14.0. The first-order chi connectivity index (χ1) is 12.2. The molecule has 0 spiro atoms. The Morgan fingerprint density at radius 3 is 1.88 bits per heavy atom. The summed E-state index contributed by atoms with van der Waals surface area (Å²) >= 11 is 0. The van der Waals surface area contributed by atoms with Crippen LogP contribution in [-0.2, 0) is 10.3 Å². The molecule has 4 rings (SSSR count). The van der Waals surface area contributed by atoms with Crippen LogP contribution in [0.15, 0.2) is 60.7 Å². The molecule has 2 aromatic rings. The van der Waals surface area contributed by atoms with Crippen molar-refractivity contribution in [3.63, 3.8) is 0 Å². The number of hydrogen-bond donors (Lipinski definition) is 1. The van der Waals surface area contributed by atoms with E-state index in [0.29, 0.717) is 6.67 Å². The van der Waals surface area contributed by atoms with Crippen molar-refractivity contribution in [1.29, 1.82) is 0 Å². The molecule has 0 radical (unpaired) electrons. The summed E-state index contributed by atoms with van der Waals surface area (Å²) < 4.78 is 0. The SMILES string of the molecule is O=C1NC(c2ccccc2)(c2ccccc2)C(=O)N1CN1CCCC1. The van der Waals surface area contributed by atoms with Gasteiger partial charge in [-0.05, 0) is 37.1 Å². The molecule has 5 nitrogen and oxygen atoms in total. The number of carbonyl (C=O) groups is 2. The van der Waals surface area contributed by atoms with E-state index in [1.807, 2.05) is 60.7 Å². The normalized spacial score (nSPS) is 20.1. The van der Waals surface area contributed by atoms with Crippen molar-refractivity contribution in [2.75, 3.05) is 19.8 Å². The average Bonchev–Trinajstić information content (AvgIpc) is 3.26. The Labute approximate surface area is 147 Å². The zero-order chi connectivity index (χ0) is 17.3. The molecule has 1 N–H and O–H groups in total. The molecule has 2 aliphatic heterocycles. The summed E-state index contributed by atoms with van der Waals surface area (Å²) in [5.74, 6) is -0.207. The largest absolute Gasteiger partial charge is 0.326 e. The summed E-state index contributed by atoms with van der Waals surface area (Å²) in [6.07, 6.45) is 2.23. The van der Waals surface area contributed by atoms with Crippen LogP contribution in [0, 0.1) is 0 Å². The van der Waals surface area contributed by atoms with E-state index in [-0.39, 0.29) is 11.9 Å². The van der Waals surface area contributed by atoms with Crippen LogP contribution < -0.4 is 5.32 Å². The second-order valence-corrected chi connectivity index (χ2v) is 6.61. The lowest BCUT2D eigenvalue weighted by molar-refractivity contribution is -0.131. The maximum absolute atomic E-state index is 13.4. The minimum absolute atomic E-state index is 0.207. The summed E-state index contributed by atoms with van der Waals surface area (Å²) in [4.78, 5) is 29.7. The molecule has 2 aliphatic rings. The van der Waals surface area contributed by atoms with Gasteiger partial charge in [0.15, 0.2) is 5.54 Å². The quantitative estimate of drug-likeness (QED) is 0.874. The molecule has 25 heavy (non-hydrogen) atoms. The molecule has 0 aliphatic carbocycles. The number of carbonyl (C=O) groups excluding carboxylic acids is 2. The average molecular weight is 335 g/mol. The van der Waals surface area contributed by atoms with E-state index in [2.05, 4.69) is 10.2 Å². The first-order valence-electron chi connectivity index (χ1n) is 8.69. The van der Waals surface area contributed by atoms with E-state index in [9.17, 15) is 9.59 Å². The smallest absolute Gasteiger partial charge is 0.315 e. The number of nitrogens with zero attached hydrogens (tertiary/aromatic N) is 2. The molecular formula is C20H21N3O2. The lowest BCUT2D eigenvalue weighted by atomic mass is 9.83. The molecule has 0 unspecified atom stereocenters. The summed E-state index contributed by atoms with van der Waals surface area (Å²) in [5, 5.41) is 2.98. The monoisotopic (exact) mass is 335 g/mol. The highest BCUT2D eigenvalue weighted by Crippen LogP contribution is 2.36. The van der Waals surface area contributed by atoms with Crippen LogP contribution in [0.5, 0.6) is 0 Å². The standard InChI is InChI=1S/C20H21N3O2/c24-18-20(16-9-3-1-4-10-16,17-11-5-2-6-12-17)21-19(25)23(18)15-22-13-7-8-14-22/h1-6,9-12H,7-8,13-15H2,(H,21,25). The van der Waals surface area contributed by atoms with Crippen molar-refractivity contribution in [2.45, 2.75) is 18.4 Å². The fourth-order valence-corrected chi connectivity index (χ4v) is 3.76. The fraction of sp³-hybridized carbons (Fsp3) is 0.300. The Morgan fingerprint density at radius 1 is 0.840 bits per heavy atom. The first kappa shape index (κ1) is 15.8. The van der Waals surface area contributed by atoms with Crippen LogP contribution in [0.3, 0.4) is 0 Å². The number of nitrogens with one attached hydrogen (secondary N) is 1. The lowest BCUT2D eigenvalue weighted by Crippen LogP contribution is -2.46. The number of likely N-dealkylation sites (tertiary alicyclic amines) is 1. The van der Waals surface area contributed by atoms with Gasteiger partial charge in [-0.1, -0.05) is 60.7 Å². The molecule has 2 aromatic carbocycles. The Morgan fingerprint density at radius 2 is 1.36 bits per heavy atom. The van der Waals surface area contributed by atoms with Gasteiger partial charge in [0.25, 0.3) is 5.91 Å². The molecule has 0 saturated carbocycles. The predicted molar refractivity (Wildman–Crippen MR) is 94.7 cm³/mol. The second-order valence-electron chi connectivity index (χ2n) is 6.61. The van der Waals surface area contributed by atoms with E-state index in [4.69, 9.17) is 0 Å². The summed E-state index contributed by atoms with van der Waals surface area (Å²) in [5.41, 5.74) is 0.409. The van der Waals surface area contributed by atoms with Gasteiger partial charge in [-0.15, -0.1) is 0 Å². The van der Waals surface area contributed by atoms with Gasteiger partial charge in [0.2, 0.25) is 0 Å². The minimum Gasteiger partial charge on any atom is -0.315 e. The number of hydrogen-bond acceptors (Lipinski definition) is 3. The minimum atomic E-state index is -1.15. The third-order valence-electron chi connectivity index (χ3n) is 5.06. The van der Waals surface area contributed by atoms with Gasteiger partial charge in [0.05, 0.1) is 6.67 Å². The second kappa shape index (κ2) is 6.33. The maximum Gasteiger partial charge on any atom is 0.326 e. The number of amides is 3. The van der Waals surface area contributed by atoms with Crippen molar-refractivity contribution in [1.82, 2.24) is 15.1 Å². The third kappa shape index (κ3) is 2.61. The molecule has 2 fully saturated rings. The molecular weight excluding hydrogens is 314 g/mol. The number of urea groups is 1. The van der Waals surface area contributed by atoms with E-state index in [0.717, 1.165) is 37.1 Å². The van der Waals surface area contributed by atoms with E-state index >= 15 is 0 Å². The van der Waals surface area contributed by atoms with Gasteiger partial charge < -0.3 is 5.32 Å². The van der Waals surface area contributed by atoms with Gasteiger partial charge in [-0.2, -0.15) is 0 Å². The summed E-state index contributed by atoms with van der Waals surface area (Å²) in [7, 11) is 0. The van der Waals surface area contributed by atoms with E-state index < -0.39 is 5.54 Å². The Balaban J connectivity index is 1.77. The van der Waals surface area contributed by atoms with Crippen LogP contribution in [-0.4, -0.2) is 41.5 Å². The molecule has 0 atom stereocenters. The fourth-order valence-electron chi connectivity index (χ4n) is 3.76. The van der Waals surface area contributed by atoms with Crippen LogP contribution >= 0.6 is 0 Å². The van der Waals surface area contributed by atoms with E-state index in [1.165, 1.54) is 4.90 Å². The van der Waals surface area contributed by atoms with Crippen molar-refractivity contribution in [2.24, 2.45) is 0 Å². The van der Waals surface area contributed by atoms with Gasteiger partial charge in [-0.3, -0.25) is 9.69 Å². The van der Waals surface area contributed by atoms with Gasteiger partial charge in [0, 0.05) is 0 Å². The van der Waals surface area contributed by atoms with Crippen LogP contribution in [0.25, 0.3) is 0 Å². The Kier molecular flexibility index (Phi) is 4.01. The molecule has 5 heteroatoms. The first-order valence-corrected chi connectivity index (χ1v) is 8.69. The maximum atomic E-state index is 13.4. The number of imide groups is 1. The van der Waals surface area contributed by atoms with Crippen molar-refractivity contribution in [3.8, 4) is 0 Å². The zero-order valence-corrected chi connectivity index (χ0v) is 14.0. The van der Waals surface area contributed by atoms with Crippen molar-refractivity contribution < 1.29 is 9.59 Å². The Hall–Kier alpha value is -2.66. The van der Waals surface area contributed by atoms with Crippen LogP contribution in [0.4, 0.5) is 4.79 Å². The summed E-state index contributed by atoms with van der Waals surface area (Å²) in [6, 6.07) is 18.6. The number of rotatable bonds is 4. The van der Waals surface area contributed by atoms with Gasteiger partial charge in [0.1, 0.15) is 0 Å². The van der Waals surface area contributed by atoms with Gasteiger partial charge in [-0.25, -0.2) is 9.69 Å². The van der Waals surface area contributed by atoms with Crippen LogP contribution in [0.1, 0.15) is 24.0 Å². The van der Waals surface area contributed by atoms with E-state index in [1.54, 1.807) is 0 Å². The Bertz CT molecular complexity index is 731. The number of benzene rings is 2. The van der Waals surface area contributed by atoms with Crippen LogP contribution in [0.2, 0.25) is 0 Å². The highest BCUT2D eigenvalue weighted by molar-refractivity contribution is 6.09. The molecule has 2 heterocycles. The molecule has 2 saturated heterocycles. The molecule has 128 valence electrons. The van der Waals surface area contributed by atoms with Gasteiger partial charge >= 0.3 is 6.03 Å². The highest BCUT2D eigenvalue weighted by atomic mass is 16.2. The van der Waals surface area contributed by atoms with Crippen molar-refractivity contribution in [3.05, 3.63) is 71.8 Å². The topological polar surface area (TPSA) is 52.7 Å². The predicted octanol–water partition coefficient (Wildman–Crippen LogP) is 2.54. The third-order valence-corrected chi connectivity index (χ3v) is 5.06. The molecule has 0 bridgehead atoms. The molecule has 3 amide bonds. The lowest BCUT2D eigenvalue weighted by Gasteiger charge is -2.28. The molecule has 0 aromatic heterocycles. The van der Waals surface area contributed by atoms with Crippen molar-refractivity contribution >= 4 is 11.9 Å².